The fourth-order valence-electron chi connectivity index (χ4n) is 4.04. The highest BCUT2D eigenvalue weighted by molar-refractivity contribution is 7.99. The zero-order chi connectivity index (χ0) is 23.2. The minimum Gasteiger partial charge on any atom is -0.497 e. The molecule has 8 heteroatoms. The number of carbonyl (C=O) groups excluding carboxylic acids is 1. The van der Waals surface area contributed by atoms with Crippen molar-refractivity contribution in [2.75, 3.05) is 32.6 Å². The lowest BCUT2D eigenvalue weighted by Crippen LogP contribution is -2.40. The summed E-state index contributed by atoms with van der Waals surface area (Å²) in [6.45, 7) is 6.45. The van der Waals surface area contributed by atoms with Gasteiger partial charge in [-0.3, -0.25) is 9.36 Å². The molecule has 1 unspecified atom stereocenters. The second kappa shape index (κ2) is 10.7. The largest absolute Gasteiger partial charge is 0.497 e. The third-order valence-corrected chi connectivity index (χ3v) is 6.62. The monoisotopic (exact) mass is 466 g/mol. The molecule has 0 bridgehead atoms. The molecule has 4 rings (SSSR count). The van der Waals surface area contributed by atoms with Gasteiger partial charge in [0.25, 0.3) is 0 Å². The van der Waals surface area contributed by atoms with Crippen molar-refractivity contribution in [3.63, 3.8) is 0 Å². The van der Waals surface area contributed by atoms with Crippen molar-refractivity contribution >= 4 is 17.7 Å². The summed E-state index contributed by atoms with van der Waals surface area (Å²) in [7, 11) is 1.64. The van der Waals surface area contributed by atoms with Crippen molar-refractivity contribution in [3.05, 3.63) is 48.5 Å². The molecule has 1 aliphatic rings. The molecule has 0 radical (unpaired) electrons. The summed E-state index contributed by atoms with van der Waals surface area (Å²) in [6.07, 6.45) is 2.26. The third kappa shape index (κ3) is 5.50. The molecule has 0 N–H and O–H groups in total. The first kappa shape index (κ1) is 23.2. The van der Waals surface area contributed by atoms with Crippen molar-refractivity contribution in [2.24, 2.45) is 5.92 Å². The number of hydrogen-bond acceptors (Lipinski definition) is 6. The van der Waals surface area contributed by atoms with Crippen LogP contribution in [0.5, 0.6) is 11.5 Å². The highest BCUT2D eigenvalue weighted by atomic mass is 32.2. The van der Waals surface area contributed by atoms with Crippen LogP contribution in [0.1, 0.15) is 26.7 Å². The van der Waals surface area contributed by atoms with Gasteiger partial charge in [-0.15, -0.1) is 10.2 Å². The lowest BCUT2D eigenvalue weighted by atomic mass is 10.0. The molecule has 0 spiro atoms. The molecule has 1 fully saturated rings. The van der Waals surface area contributed by atoms with E-state index in [1.807, 2.05) is 64.9 Å². The van der Waals surface area contributed by atoms with Crippen LogP contribution in [0.3, 0.4) is 0 Å². The van der Waals surface area contributed by atoms with E-state index in [2.05, 4.69) is 17.1 Å². The minimum absolute atomic E-state index is 0.149. The molecule has 3 aromatic rings. The highest BCUT2D eigenvalue weighted by Crippen LogP contribution is 2.31. The number of thioether (sulfide) groups is 1. The quantitative estimate of drug-likeness (QED) is 0.449. The lowest BCUT2D eigenvalue weighted by molar-refractivity contribution is -0.130. The smallest absolute Gasteiger partial charge is 0.233 e. The molecule has 2 heterocycles. The van der Waals surface area contributed by atoms with Gasteiger partial charge in [0, 0.05) is 24.3 Å². The van der Waals surface area contributed by atoms with Gasteiger partial charge in [-0.2, -0.15) is 0 Å². The maximum Gasteiger partial charge on any atom is 0.233 e. The van der Waals surface area contributed by atoms with E-state index in [0.29, 0.717) is 29.3 Å². The predicted octanol–water partition coefficient (Wildman–Crippen LogP) is 4.69. The first-order chi connectivity index (χ1) is 16.1. The molecule has 0 saturated carbocycles. The number of nitrogens with zero attached hydrogens (tertiary/aromatic N) is 4. The molecule has 174 valence electrons. The Morgan fingerprint density at radius 3 is 2.70 bits per heavy atom. The van der Waals surface area contributed by atoms with E-state index < -0.39 is 0 Å². The van der Waals surface area contributed by atoms with Crippen molar-refractivity contribution in [2.45, 2.75) is 31.8 Å². The fourth-order valence-corrected chi connectivity index (χ4v) is 4.89. The number of amides is 1. The molecule has 1 aromatic heterocycles. The van der Waals surface area contributed by atoms with Gasteiger partial charge in [-0.1, -0.05) is 30.8 Å². The summed E-state index contributed by atoms with van der Waals surface area (Å²) in [6, 6.07) is 15.6. The van der Waals surface area contributed by atoms with Crippen molar-refractivity contribution in [3.8, 4) is 28.6 Å². The SMILES string of the molecule is CCOc1ccc(-n2c(SCC(=O)N3CCCC(C)C3)nnc2-c2cccc(OC)c2)cc1. The Morgan fingerprint density at radius 1 is 1.15 bits per heavy atom. The third-order valence-electron chi connectivity index (χ3n) is 5.70. The summed E-state index contributed by atoms with van der Waals surface area (Å²) in [5, 5.41) is 9.60. The van der Waals surface area contributed by atoms with Crippen LogP contribution < -0.4 is 9.47 Å². The van der Waals surface area contributed by atoms with Gasteiger partial charge in [0.1, 0.15) is 11.5 Å². The van der Waals surface area contributed by atoms with Gasteiger partial charge in [-0.25, -0.2) is 0 Å². The number of methoxy groups -OCH3 is 1. The summed E-state index contributed by atoms with van der Waals surface area (Å²) < 4.78 is 13.0. The van der Waals surface area contributed by atoms with E-state index in [0.717, 1.165) is 42.3 Å². The van der Waals surface area contributed by atoms with Gasteiger partial charge in [0.05, 0.1) is 19.5 Å². The summed E-state index contributed by atoms with van der Waals surface area (Å²) in [5.41, 5.74) is 1.79. The van der Waals surface area contributed by atoms with E-state index in [1.54, 1.807) is 7.11 Å². The summed E-state index contributed by atoms with van der Waals surface area (Å²) in [4.78, 5) is 14.8. The van der Waals surface area contributed by atoms with Gasteiger partial charge in [0.15, 0.2) is 11.0 Å². The van der Waals surface area contributed by atoms with E-state index in [4.69, 9.17) is 9.47 Å². The molecule has 1 atom stereocenters. The lowest BCUT2D eigenvalue weighted by Gasteiger charge is -2.30. The van der Waals surface area contributed by atoms with Crippen molar-refractivity contribution in [1.29, 1.82) is 0 Å². The van der Waals surface area contributed by atoms with Crippen LogP contribution >= 0.6 is 11.8 Å². The first-order valence-corrected chi connectivity index (χ1v) is 12.3. The van der Waals surface area contributed by atoms with Gasteiger partial charge < -0.3 is 14.4 Å². The zero-order valence-electron chi connectivity index (χ0n) is 19.4. The Hall–Kier alpha value is -3.00. The topological polar surface area (TPSA) is 69.5 Å². The maximum atomic E-state index is 12.9. The van der Waals surface area contributed by atoms with Gasteiger partial charge >= 0.3 is 0 Å². The van der Waals surface area contributed by atoms with Crippen LogP contribution in [-0.2, 0) is 4.79 Å². The second-order valence-corrected chi connectivity index (χ2v) is 9.12. The van der Waals surface area contributed by atoms with Crippen LogP contribution in [-0.4, -0.2) is 58.1 Å². The number of rotatable bonds is 8. The summed E-state index contributed by atoms with van der Waals surface area (Å²) >= 11 is 1.42. The van der Waals surface area contributed by atoms with Crippen LogP contribution in [0, 0.1) is 5.92 Å². The Labute approximate surface area is 199 Å². The van der Waals surface area contributed by atoms with Gasteiger partial charge in [0.2, 0.25) is 5.91 Å². The van der Waals surface area contributed by atoms with E-state index in [1.165, 1.54) is 18.2 Å². The average Bonchev–Trinajstić information content (AvgIpc) is 3.27. The first-order valence-electron chi connectivity index (χ1n) is 11.3. The molecule has 0 aliphatic carbocycles. The molecule has 1 amide bonds. The summed E-state index contributed by atoms with van der Waals surface area (Å²) in [5.74, 6) is 3.29. The predicted molar refractivity (Wildman–Crippen MR) is 130 cm³/mol. The average molecular weight is 467 g/mol. The number of carbonyl (C=O) groups is 1. The van der Waals surface area contributed by atoms with E-state index >= 15 is 0 Å². The molecular weight excluding hydrogens is 436 g/mol. The number of ether oxygens (including phenoxy) is 2. The Balaban J connectivity index is 1.63. The fraction of sp³-hybridized carbons (Fsp3) is 0.400. The molecule has 2 aromatic carbocycles. The Bertz CT molecular complexity index is 1080. The zero-order valence-corrected chi connectivity index (χ0v) is 20.2. The molecule has 7 nitrogen and oxygen atoms in total. The molecule has 1 aliphatic heterocycles. The van der Waals surface area contributed by atoms with Crippen LogP contribution in [0.15, 0.2) is 53.7 Å². The normalized spacial score (nSPS) is 16.0. The highest BCUT2D eigenvalue weighted by Gasteiger charge is 2.23. The molecule has 1 saturated heterocycles. The van der Waals surface area contributed by atoms with Crippen LogP contribution in [0.4, 0.5) is 0 Å². The number of hydrogen-bond donors (Lipinski definition) is 0. The molecular formula is C25H30N4O3S. The van der Waals surface area contributed by atoms with E-state index in [9.17, 15) is 4.79 Å². The van der Waals surface area contributed by atoms with Gasteiger partial charge in [-0.05, 0) is 62.1 Å². The van der Waals surface area contributed by atoms with Crippen LogP contribution in [0.25, 0.3) is 17.1 Å². The Kier molecular flexibility index (Phi) is 7.54. The molecule has 33 heavy (non-hydrogen) atoms. The standard InChI is InChI=1S/C25H30N4O3S/c1-4-32-21-12-10-20(11-13-21)29-24(19-8-5-9-22(15-19)31-3)26-27-25(29)33-17-23(30)28-14-6-7-18(2)16-28/h5,8-13,15,18H,4,6-7,14,16-17H2,1-3H3. The Morgan fingerprint density at radius 2 is 1.97 bits per heavy atom. The van der Waals surface area contributed by atoms with E-state index in [-0.39, 0.29) is 5.91 Å². The van der Waals surface area contributed by atoms with Crippen molar-refractivity contribution < 1.29 is 14.3 Å². The number of aromatic nitrogens is 3. The number of piperidine rings is 1. The second-order valence-electron chi connectivity index (χ2n) is 8.18. The number of likely N-dealkylation sites (tertiary alicyclic amines) is 1. The maximum absolute atomic E-state index is 12.9. The minimum atomic E-state index is 0.149. The number of benzene rings is 2. The van der Waals surface area contributed by atoms with Crippen LogP contribution in [0.2, 0.25) is 0 Å². The van der Waals surface area contributed by atoms with Crippen molar-refractivity contribution in [1.82, 2.24) is 19.7 Å².